The van der Waals surface area contributed by atoms with Crippen LogP contribution in [0.25, 0.3) is 0 Å². The molecule has 0 saturated heterocycles. The number of aromatic nitrogens is 1. The highest BCUT2D eigenvalue weighted by Gasteiger charge is 2.14. The minimum absolute atomic E-state index is 0.727. The van der Waals surface area contributed by atoms with E-state index in [4.69, 9.17) is 5.21 Å². The van der Waals surface area contributed by atoms with Gasteiger partial charge >= 0.3 is 0 Å². The van der Waals surface area contributed by atoms with Crippen molar-refractivity contribution in [2.45, 2.75) is 42.4 Å². The lowest BCUT2D eigenvalue weighted by Crippen LogP contribution is -2.07. The van der Waals surface area contributed by atoms with Crippen LogP contribution in [-0.2, 0) is 0 Å². The summed E-state index contributed by atoms with van der Waals surface area (Å²) >= 11 is 1.87. The van der Waals surface area contributed by atoms with Crippen LogP contribution < -0.4 is 5.48 Å². The van der Waals surface area contributed by atoms with Crippen molar-refractivity contribution < 1.29 is 5.21 Å². The van der Waals surface area contributed by atoms with Crippen LogP contribution in [0.15, 0.2) is 28.3 Å². The number of thioether (sulfide) groups is 1. The quantitative estimate of drug-likeness (QED) is 0.490. The van der Waals surface area contributed by atoms with E-state index in [0.717, 1.165) is 16.0 Å². The second-order valence-electron chi connectivity index (χ2n) is 4.12. The molecule has 1 aliphatic carbocycles. The molecule has 92 valence electrons. The summed E-state index contributed by atoms with van der Waals surface area (Å²) in [5.41, 5.74) is 2.61. The Labute approximate surface area is 106 Å². The molecule has 2 rings (SSSR count). The summed E-state index contributed by atoms with van der Waals surface area (Å²) in [5, 5.41) is 10.2. The topological polar surface area (TPSA) is 57.5 Å². The van der Waals surface area contributed by atoms with E-state index in [0.29, 0.717) is 0 Å². The standard InChI is InChI=1S/C12H17N3OS/c16-15-9-14-10-6-7-12(13-8-10)17-11-4-2-1-3-5-11/h6-9,11,16H,1-5H2,(H,14,15). The molecular formula is C12H17N3OS. The van der Waals surface area contributed by atoms with Crippen LogP contribution in [0.4, 0.5) is 5.69 Å². The van der Waals surface area contributed by atoms with Gasteiger partial charge in [0.25, 0.3) is 0 Å². The van der Waals surface area contributed by atoms with Crippen LogP contribution in [0.2, 0.25) is 0 Å². The molecule has 5 heteroatoms. The van der Waals surface area contributed by atoms with Gasteiger partial charge in [0.2, 0.25) is 0 Å². The average Bonchev–Trinajstić information content (AvgIpc) is 2.39. The zero-order chi connectivity index (χ0) is 11.9. The van der Waals surface area contributed by atoms with Crippen molar-refractivity contribution in [2.75, 3.05) is 0 Å². The lowest BCUT2D eigenvalue weighted by atomic mass is 10.0. The third-order valence-electron chi connectivity index (χ3n) is 2.83. The van der Waals surface area contributed by atoms with Crippen molar-refractivity contribution in [1.82, 2.24) is 10.5 Å². The van der Waals surface area contributed by atoms with E-state index >= 15 is 0 Å². The van der Waals surface area contributed by atoms with Crippen molar-refractivity contribution in [2.24, 2.45) is 4.99 Å². The summed E-state index contributed by atoms with van der Waals surface area (Å²) < 4.78 is 0. The van der Waals surface area contributed by atoms with Crippen molar-refractivity contribution in [3.63, 3.8) is 0 Å². The lowest BCUT2D eigenvalue weighted by Gasteiger charge is -2.20. The number of hydroxylamine groups is 1. The van der Waals surface area contributed by atoms with Crippen LogP contribution in [0.5, 0.6) is 0 Å². The fourth-order valence-corrected chi connectivity index (χ4v) is 3.15. The maximum atomic E-state index is 8.37. The van der Waals surface area contributed by atoms with Crippen LogP contribution in [0, 0.1) is 0 Å². The molecule has 1 aromatic heterocycles. The van der Waals surface area contributed by atoms with Gasteiger partial charge in [-0.05, 0) is 25.0 Å². The third kappa shape index (κ3) is 4.02. The molecule has 0 radical (unpaired) electrons. The summed E-state index contributed by atoms with van der Waals surface area (Å²) in [7, 11) is 0. The predicted molar refractivity (Wildman–Crippen MR) is 70.0 cm³/mol. The molecule has 0 bridgehead atoms. The molecular weight excluding hydrogens is 234 g/mol. The molecule has 0 aliphatic heterocycles. The normalized spacial score (nSPS) is 17.5. The number of aliphatic imine (C=N–C) groups is 1. The van der Waals surface area contributed by atoms with E-state index in [-0.39, 0.29) is 0 Å². The lowest BCUT2D eigenvalue weighted by molar-refractivity contribution is 0.240. The zero-order valence-corrected chi connectivity index (χ0v) is 10.5. The predicted octanol–water partition coefficient (Wildman–Crippen LogP) is 3.15. The number of nitrogens with zero attached hydrogens (tertiary/aromatic N) is 2. The first-order valence-electron chi connectivity index (χ1n) is 5.93. The van der Waals surface area contributed by atoms with Gasteiger partial charge in [0.05, 0.1) is 16.9 Å². The Kier molecular flexibility index (Phi) is 4.82. The van der Waals surface area contributed by atoms with E-state index in [1.165, 1.54) is 38.4 Å². The Bertz CT molecular complexity index is 361. The van der Waals surface area contributed by atoms with Gasteiger partial charge in [-0.25, -0.2) is 9.98 Å². The van der Waals surface area contributed by atoms with Crippen LogP contribution >= 0.6 is 11.8 Å². The summed E-state index contributed by atoms with van der Waals surface area (Å²) in [6.07, 6.45) is 9.64. The van der Waals surface area contributed by atoms with Gasteiger partial charge in [0, 0.05) is 5.25 Å². The maximum absolute atomic E-state index is 8.37. The minimum atomic E-state index is 0.727. The number of hydrogen-bond donors (Lipinski definition) is 2. The molecule has 17 heavy (non-hydrogen) atoms. The van der Waals surface area contributed by atoms with Gasteiger partial charge in [0.15, 0.2) is 0 Å². The van der Waals surface area contributed by atoms with Crippen LogP contribution in [-0.4, -0.2) is 21.8 Å². The van der Waals surface area contributed by atoms with E-state index in [1.807, 2.05) is 29.4 Å². The molecule has 0 aromatic carbocycles. The molecule has 1 fully saturated rings. The van der Waals surface area contributed by atoms with Gasteiger partial charge in [-0.1, -0.05) is 19.3 Å². The van der Waals surface area contributed by atoms with Gasteiger partial charge in [-0.3, -0.25) is 10.7 Å². The Hall–Kier alpha value is -1.07. The van der Waals surface area contributed by atoms with Crippen molar-refractivity contribution in [3.05, 3.63) is 18.3 Å². The van der Waals surface area contributed by atoms with E-state index in [9.17, 15) is 0 Å². The van der Waals surface area contributed by atoms with Crippen molar-refractivity contribution >= 4 is 23.8 Å². The summed E-state index contributed by atoms with van der Waals surface area (Å²) in [6, 6.07) is 3.90. The fourth-order valence-electron chi connectivity index (χ4n) is 1.98. The monoisotopic (exact) mass is 251 g/mol. The summed E-state index contributed by atoms with van der Waals surface area (Å²) in [6.45, 7) is 0. The van der Waals surface area contributed by atoms with Gasteiger partial charge in [0.1, 0.15) is 6.34 Å². The molecule has 1 heterocycles. The molecule has 1 aromatic rings. The van der Waals surface area contributed by atoms with Crippen molar-refractivity contribution in [1.29, 1.82) is 0 Å². The Balaban J connectivity index is 1.90. The first-order valence-corrected chi connectivity index (χ1v) is 6.81. The highest BCUT2D eigenvalue weighted by atomic mass is 32.2. The molecule has 0 amide bonds. The summed E-state index contributed by atoms with van der Waals surface area (Å²) in [4.78, 5) is 8.32. The molecule has 2 N–H and O–H groups in total. The minimum Gasteiger partial charge on any atom is -0.290 e. The summed E-state index contributed by atoms with van der Waals surface area (Å²) in [5.74, 6) is 0. The molecule has 1 saturated carbocycles. The van der Waals surface area contributed by atoms with Gasteiger partial charge in [-0.15, -0.1) is 11.8 Å². The zero-order valence-electron chi connectivity index (χ0n) is 9.67. The average molecular weight is 251 g/mol. The molecule has 1 aliphatic rings. The third-order valence-corrected chi connectivity index (χ3v) is 4.12. The SMILES string of the molecule is ONC=Nc1ccc(SC2CCCCC2)nc1. The molecule has 4 nitrogen and oxygen atoms in total. The largest absolute Gasteiger partial charge is 0.290 e. The van der Waals surface area contributed by atoms with E-state index in [2.05, 4.69) is 9.98 Å². The number of pyridine rings is 1. The van der Waals surface area contributed by atoms with E-state index in [1.54, 1.807) is 6.20 Å². The number of nitrogens with one attached hydrogen (secondary N) is 1. The highest BCUT2D eigenvalue weighted by Crippen LogP contribution is 2.32. The Morgan fingerprint density at radius 3 is 2.82 bits per heavy atom. The van der Waals surface area contributed by atoms with Gasteiger partial charge < -0.3 is 0 Å². The Morgan fingerprint density at radius 1 is 1.35 bits per heavy atom. The van der Waals surface area contributed by atoms with Crippen LogP contribution in [0.3, 0.4) is 0 Å². The van der Waals surface area contributed by atoms with Gasteiger partial charge in [-0.2, -0.15) is 0 Å². The van der Waals surface area contributed by atoms with E-state index < -0.39 is 0 Å². The second-order valence-corrected chi connectivity index (χ2v) is 5.44. The molecule has 0 unspecified atom stereocenters. The Morgan fingerprint density at radius 2 is 2.18 bits per heavy atom. The molecule has 0 spiro atoms. The first kappa shape index (κ1) is 12.4. The fraction of sp³-hybridized carbons (Fsp3) is 0.500. The number of rotatable bonds is 4. The van der Waals surface area contributed by atoms with Crippen molar-refractivity contribution in [3.8, 4) is 0 Å². The molecule has 0 atom stereocenters. The second kappa shape index (κ2) is 6.61. The maximum Gasteiger partial charge on any atom is 0.113 e. The number of hydrogen-bond acceptors (Lipinski definition) is 4. The highest BCUT2D eigenvalue weighted by molar-refractivity contribution is 7.99. The van der Waals surface area contributed by atoms with Crippen LogP contribution in [0.1, 0.15) is 32.1 Å². The first-order chi connectivity index (χ1) is 8.38. The smallest absolute Gasteiger partial charge is 0.113 e.